The second-order valence-electron chi connectivity index (χ2n) is 4.06. The van der Waals surface area contributed by atoms with Crippen molar-refractivity contribution >= 4 is 11.9 Å². The molecule has 1 rings (SSSR count). The average molecular weight is 254 g/mol. The molecule has 3 amide bonds. The van der Waals surface area contributed by atoms with Crippen molar-refractivity contribution in [1.82, 2.24) is 10.6 Å². The van der Waals surface area contributed by atoms with Gasteiger partial charge in [0.15, 0.2) is 6.54 Å². The number of benzene rings is 1. The number of nitrogens with one attached hydrogen (secondary N) is 3. The molecule has 0 aliphatic carbocycles. The SMILES string of the molecule is CNC(=O)NC(=O)C[NH+](C)Cc1ccc(F)cc1. The molecular formula is C12H17FN3O2+. The number of carbonyl (C=O) groups is 2. The smallest absolute Gasteiger partial charge is 0.321 e. The first-order chi connectivity index (χ1) is 8.51. The summed E-state index contributed by atoms with van der Waals surface area (Å²) in [4.78, 5) is 23.2. The van der Waals surface area contributed by atoms with Crippen molar-refractivity contribution in [1.29, 1.82) is 0 Å². The molecule has 0 saturated carbocycles. The van der Waals surface area contributed by atoms with Crippen molar-refractivity contribution in [2.24, 2.45) is 0 Å². The van der Waals surface area contributed by atoms with Crippen LogP contribution in [0.15, 0.2) is 24.3 Å². The largest absolute Gasteiger partial charge is 0.341 e. The van der Waals surface area contributed by atoms with Crippen molar-refractivity contribution in [3.05, 3.63) is 35.6 Å². The third-order valence-electron chi connectivity index (χ3n) is 2.36. The lowest BCUT2D eigenvalue weighted by Gasteiger charge is -2.13. The monoisotopic (exact) mass is 254 g/mol. The molecule has 18 heavy (non-hydrogen) atoms. The Morgan fingerprint density at radius 1 is 1.28 bits per heavy atom. The number of hydrogen-bond donors (Lipinski definition) is 3. The van der Waals surface area contributed by atoms with Gasteiger partial charge in [-0.15, -0.1) is 0 Å². The maximum absolute atomic E-state index is 12.7. The van der Waals surface area contributed by atoms with Crippen molar-refractivity contribution < 1.29 is 18.9 Å². The molecule has 0 saturated heterocycles. The van der Waals surface area contributed by atoms with E-state index in [0.29, 0.717) is 6.54 Å². The second kappa shape index (κ2) is 6.70. The summed E-state index contributed by atoms with van der Waals surface area (Å²) in [5, 5.41) is 4.49. The number of imide groups is 1. The predicted octanol–water partition coefficient (Wildman–Crippen LogP) is -0.704. The van der Waals surface area contributed by atoms with Crippen molar-refractivity contribution in [2.75, 3.05) is 20.6 Å². The van der Waals surface area contributed by atoms with Gasteiger partial charge in [0.1, 0.15) is 12.4 Å². The summed E-state index contributed by atoms with van der Waals surface area (Å²) in [6, 6.07) is 5.60. The Bertz CT molecular complexity index is 420. The van der Waals surface area contributed by atoms with Gasteiger partial charge in [-0.3, -0.25) is 10.1 Å². The van der Waals surface area contributed by atoms with Crippen LogP contribution in [0.1, 0.15) is 5.56 Å². The summed E-state index contributed by atoms with van der Waals surface area (Å²) < 4.78 is 12.7. The van der Waals surface area contributed by atoms with Crippen LogP contribution in [0.3, 0.4) is 0 Å². The summed E-state index contributed by atoms with van der Waals surface area (Å²) in [5.41, 5.74) is 0.932. The van der Waals surface area contributed by atoms with Crippen LogP contribution >= 0.6 is 0 Å². The molecule has 0 spiro atoms. The molecule has 1 unspecified atom stereocenters. The standard InChI is InChI=1S/C12H16FN3O2/c1-14-12(18)15-11(17)8-16(2)7-9-3-5-10(13)6-4-9/h3-6H,7-8H2,1-2H3,(H2,14,15,17,18)/p+1. The molecule has 0 bridgehead atoms. The minimum atomic E-state index is -0.519. The Kier molecular flexibility index (Phi) is 5.26. The molecule has 6 heteroatoms. The zero-order chi connectivity index (χ0) is 13.5. The maximum Gasteiger partial charge on any atom is 0.321 e. The van der Waals surface area contributed by atoms with E-state index < -0.39 is 6.03 Å². The molecule has 1 aromatic carbocycles. The van der Waals surface area contributed by atoms with Gasteiger partial charge in [-0.2, -0.15) is 0 Å². The molecule has 3 N–H and O–H groups in total. The van der Waals surface area contributed by atoms with Gasteiger partial charge < -0.3 is 10.2 Å². The Morgan fingerprint density at radius 3 is 2.44 bits per heavy atom. The van der Waals surface area contributed by atoms with Crippen LogP contribution in [0, 0.1) is 5.82 Å². The predicted molar refractivity (Wildman–Crippen MR) is 64.5 cm³/mol. The zero-order valence-electron chi connectivity index (χ0n) is 10.4. The van der Waals surface area contributed by atoms with Gasteiger partial charge in [0.25, 0.3) is 5.91 Å². The molecule has 0 aliphatic rings. The highest BCUT2D eigenvalue weighted by Gasteiger charge is 2.12. The maximum atomic E-state index is 12.7. The fourth-order valence-electron chi connectivity index (χ4n) is 1.52. The fraction of sp³-hybridized carbons (Fsp3) is 0.333. The molecule has 98 valence electrons. The van der Waals surface area contributed by atoms with E-state index in [1.165, 1.54) is 19.2 Å². The van der Waals surface area contributed by atoms with E-state index in [9.17, 15) is 14.0 Å². The van der Waals surface area contributed by atoms with Crippen LogP contribution in [-0.4, -0.2) is 32.6 Å². The van der Waals surface area contributed by atoms with E-state index in [-0.39, 0.29) is 18.3 Å². The van der Waals surface area contributed by atoms with Crippen LogP contribution < -0.4 is 15.5 Å². The summed E-state index contributed by atoms with van der Waals surface area (Å²) in [6.45, 7) is 0.756. The summed E-state index contributed by atoms with van der Waals surface area (Å²) in [7, 11) is 3.27. The Labute approximate surface area is 105 Å². The number of rotatable bonds is 4. The quantitative estimate of drug-likeness (QED) is 0.665. The van der Waals surface area contributed by atoms with Gasteiger partial charge in [0, 0.05) is 12.6 Å². The van der Waals surface area contributed by atoms with Gasteiger partial charge in [-0.1, -0.05) is 12.1 Å². The van der Waals surface area contributed by atoms with E-state index in [1.807, 2.05) is 7.05 Å². The molecule has 1 aromatic rings. The van der Waals surface area contributed by atoms with Gasteiger partial charge >= 0.3 is 6.03 Å². The first kappa shape index (κ1) is 14.1. The number of quaternary nitrogens is 1. The van der Waals surface area contributed by atoms with Crippen LogP contribution in [-0.2, 0) is 11.3 Å². The molecule has 0 aliphatic heterocycles. The molecule has 0 aromatic heterocycles. The molecule has 5 nitrogen and oxygen atoms in total. The highest BCUT2D eigenvalue weighted by molar-refractivity contribution is 5.94. The number of halogens is 1. The number of carbonyl (C=O) groups excluding carboxylic acids is 2. The number of likely N-dealkylation sites (N-methyl/N-ethyl adjacent to an activating group) is 1. The molecule has 0 radical (unpaired) electrons. The van der Waals surface area contributed by atoms with Crippen LogP contribution in [0.2, 0.25) is 0 Å². The minimum absolute atomic E-state index is 0.171. The zero-order valence-corrected chi connectivity index (χ0v) is 10.4. The molecule has 0 heterocycles. The summed E-state index contributed by atoms with van der Waals surface area (Å²) >= 11 is 0. The minimum Gasteiger partial charge on any atom is -0.341 e. The van der Waals surface area contributed by atoms with Crippen LogP contribution in [0.25, 0.3) is 0 Å². The summed E-state index contributed by atoms with van der Waals surface area (Å²) in [6.07, 6.45) is 0. The van der Waals surface area contributed by atoms with E-state index in [2.05, 4.69) is 10.6 Å². The first-order valence-corrected chi connectivity index (χ1v) is 5.58. The van der Waals surface area contributed by atoms with Crippen molar-refractivity contribution in [3.63, 3.8) is 0 Å². The van der Waals surface area contributed by atoms with E-state index in [4.69, 9.17) is 0 Å². The second-order valence-corrected chi connectivity index (χ2v) is 4.06. The third-order valence-corrected chi connectivity index (χ3v) is 2.36. The number of hydrogen-bond acceptors (Lipinski definition) is 2. The highest BCUT2D eigenvalue weighted by Crippen LogP contribution is 2.00. The Hall–Kier alpha value is -1.95. The Balaban J connectivity index is 2.41. The normalized spacial score (nSPS) is 11.7. The van der Waals surface area contributed by atoms with Crippen molar-refractivity contribution in [2.45, 2.75) is 6.54 Å². The number of amides is 3. The number of urea groups is 1. The summed E-state index contributed by atoms with van der Waals surface area (Å²) in [5.74, 6) is -0.636. The molecule has 1 atom stereocenters. The van der Waals surface area contributed by atoms with E-state index in [0.717, 1.165) is 10.5 Å². The van der Waals surface area contributed by atoms with Gasteiger partial charge in [-0.25, -0.2) is 9.18 Å². The first-order valence-electron chi connectivity index (χ1n) is 5.58. The van der Waals surface area contributed by atoms with Gasteiger partial charge in [0.05, 0.1) is 7.05 Å². The lowest BCUT2D eigenvalue weighted by molar-refractivity contribution is -0.885. The molecular weight excluding hydrogens is 237 g/mol. The Morgan fingerprint density at radius 2 is 1.89 bits per heavy atom. The molecule has 0 fully saturated rings. The van der Waals surface area contributed by atoms with Gasteiger partial charge in [0.2, 0.25) is 0 Å². The third kappa shape index (κ3) is 4.92. The lowest BCUT2D eigenvalue weighted by atomic mass is 10.2. The fourth-order valence-corrected chi connectivity index (χ4v) is 1.52. The van der Waals surface area contributed by atoms with Crippen molar-refractivity contribution in [3.8, 4) is 0 Å². The highest BCUT2D eigenvalue weighted by atomic mass is 19.1. The van der Waals surface area contributed by atoms with Crippen LogP contribution in [0.5, 0.6) is 0 Å². The van der Waals surface area contributed by atoms with Crippen LogP contribution in [0.4, 0.5) is 9.18 Å². The average Bonchev–Trinajstić information content (AvgIpc) is 2.31. The van der Waals surface area contributed by atoms with E-state index >= 15 is 0 Å². The lowest BCUT2D eigenvalue weighted by Crippen LogP contribution is -3.09. The van der Waals surface area contributed by atoms with Gasteiger partial charge in [-0.05, 0) is 12.1 Å². The van der Waals surface area contributed by atoms with E-state index in [1.54, 1.807) is 12.1 Å². The topological polar surface area (TPSA) is 62.6 Å².